The van der Waals surface area contributed by atoms with Crippen molar-refractivity contribution in [1.82, 2.24) is 0 Å². The van der Waals surface area contributed by atoms with E-state index < -0.39 is 0 Å². The third kappa shape index (κ3) is 1.54. The Morgan fingerprint density at radius 1 is 1.00 bits per heavy atom. The Balaban J connectivity index is 2.32. The van der Waals surface area contributed by atoms with E-state index in [1.807, 2.05) is 0 Å². The maximum absolute atomic E-state index is 12.0. The summed E-state index contributed by atoms with van der Waals surface area (Å²) in [7, 11) is 0. The van der Waals surface area contributed by atoms with Gasteiger partial charge in [0.05, 0.1) is 0 Å². The summed E-state index contributed by atoms with van der Waals surface area (Å²) < 4.78 is 0. The fraction of sp³-hybridized carbons (Fsp3) is 0.857. The van der Waals surface area contributed by atoms with E-state index in [9.17, 15) is 9.59 Å². The lowest BCUT2D eigenvalue weighted by Gasteiger charge is -2.55. The van der Waals surface area contributed by atoms with Crippen molar-refractivity contribution in [2.75, 3.05) is 0 Å². The van der Waals surface area contributed by atoms with E-state index in [0.717, 1.165) is 25.7 Å². The molecule has 0 N–H and O–H groups in total. The molecule has 0 aromatic rings. The van der Waals surface area contributed by atoms with Gasteiger partial charge in [-0.1, -0.05) is 20.8 Å². The molecule has 0 amide bonds. The molecule has 2 heteroatoms. The summed E-state index contributed by atoms with van der Waals surface area (Å²) in [6, 6.07) is 0. The van der Waals surface area contributed by atoms with Crippen molar-refractivity contribution in [1.29, 1.82) is 0 Å². The van der Waals surface area contributed by atoms with E-state index in [1.54, 1.807) is 0 Å². The molecular weight excluding hydrogens is 200 g/mol. The van der Waals surface area contributed by atoms with Gasteiger partial charge in [0.2, 0.25) is 0 Å². The highest BCUT2D eigenvalue weighted by Crippen LogP contribution is 2.58. The van der Waals surface area contributed by atoms with Crippen LogP contribution in [0.15, 0.2) is 0 Å². The third-order valence-corrected chi connectivity index (χ3v) is 5.36. The average Bonchev–Trinajstić information content (AvgIpc) is 2.24. The topological polar surface area (TPSA) is 34.1 Å². The summed E-state index contributed by atoms with van der Waals surface area (Å²) in [6.07, 6.45) is 4.92. The normalized spacial score (nSPS) is 33.1. The highest BCUT2D eigenvalue weighted by Gasteiger charge is 2.54. The Morgan fingerprint density at radius 3 is 2.12 bits per heavy atom. The molecule has 0 heterocycles. The summed E-state index contributed by atoms with van der Waals surface area (Å²) in [4.78, 5) is 23.4. The largest absolute Gasteiger partial charge is 0.300 e. The first kappa shape index (κ1) is 11.8. The molecule has 0 aromatic heterocycles. The fourth-order valence-electron chi connectivity index (χ4n) is 3.88. The van der Waals surface area contributed by atoms with Crippen molar-refractivity contribution < 1.29 is 9.59 Å². The molecule has 1 atom stereocenters. The van der Waals surface area contributed by atoms with Gasteiger partial charge in [-0.05, 0) is 30.1 Å². The van der Waals surface area contributed by atoms with Gasteiger partial charge in [-0.3, -0.25) is 9.59 Å². The smallest absolute Gasteiger partial charge is 0.136 e. The van der Waals surface area contributed by atoms with Gasteiger partial charge in [-0.25, -0.2) is 0 Å². The van der Waals surface area contributed by atoms with Gasteiger partial charge < -0.3 is 0 Å². The molecule has 2 saturated carbocycles. The van der Waals surface area contributed by atoms with Gasteiger partial charge in [-0.2, -0.15) is 0 Å². The number of ketones is 2. The molecule has 0 radical (unpaired) electrons. The Kier molecular flexibility index (Phi) is 2.72. The predicted molar refractivity (Wildman–Crippen MR) is 63.1 cm³/mol. The quantitative estimate of drug-likeness (QED) is 0.631. The number of carbonyl (C=O) groups excluding carboxylic acids is 2. The monoisotopic (exact) mass is 222 g/mol. The molecule has 2 rings (SSSR count). The van der Waals surface area contributed by atoms with Gasteiger partial charge in [-0.15, -0.1) is 0 Å². The first-order chi connectivity index (χ1) is 7.39. The van der Waals surface area contributed by atoms with Crippen LogP contribution in [-0.4, -0.2) is 11.6 Å². The second-order valence-corrected chi connectivity index (χ2v) is 6.27. The fourth-order valence-corrected chi connectivity index (χ4v) is 3.88. The van der Waals surface area contributed by atoms with Crippen LogP contribution in [0.2, 0.25) is 0 Å². The number of carbonyl (C=O) groups is 2. The zero-order chi connectivity index (χ0) is 12.0. The van der Waals surface area contributed by atoms with Crippen LogP contribution in [-0.2, 0) is 9.59 Å². The van der Waals surface area contributed by atoms with Crippen molar-refractivity contribution in [3.8, 4) is 0 Å². The molecule has 0 aliphatic heterocycles. The highest BCUT2D eigenvalue weighted by molar-refractivity contribution is 5.84. The Labute approximate surface area is 97.8 Å². The molecule has 2 fully saturated rings. The summed E-state index contributed by atoms with van der Waals surface area (Å²) >= 11 is 0. The molecule has 2 nitrogen and oxygen atoms in total. The van der Waals surface area contributed by atoms with Crippen molar-refractivity contribution in [2.45, 2.75) is 59.3 Å². The standard InChI is InChI=1S/C14H22O2/c1-10-12(16)6-7-13(2,3)14(10)8-4-11(15)5-9-14/h10H,4-9H2,1-3H3/t10-/m0/s1. The minimum Gasteiger partial charge on any atom is -0.300 e. The summed E-state index contributed by atoms with van der Waals surface area (Å²) in [5, 5.41) is 0. The van der Waals surface area contributed by atoms with Crippen LogP contribution in [0.3, 0.4) is 0 Å². The maximum atomic E-state index is 12.0. The molecule has 16 heavy (non-hydrogen) atoms. The number of rotatable bonds is 0. The van der Waals surface area contributed by atoms with Gasteiger partial charge >= 0.3 is 0 Å². The van der Waals surface area contributed by atoms with Crippen molar-refractivity contribution >= 4 is 11.6 Å². The van der Waals surface area contributed by atoms with E-state index in [1.165, 1.54) is 0 Å². The Hall–Kier alpha value is -0.660. The first-order valence-electron chi connectivity index (χ1n) is 6.43. The van der Waals surface area contributed by atoms with E-state index in [2.05, 4.69) is 20.8 Å². The second kappa shape index (κ2) is 3.68. The zero-order valence-corrected chi connectivity index (χ0v) is 10.6. The number of hydrogen-bond donors (Lipinski definition) is 0. The Morgan fingerprint density at radius 2 is 1.56 bits per heavy atom. The maximum Gasteiger partial charge on any atom is 0.136 e. The van der Waals surface area contributed by atoms with Gasteiger partial charge in [0.1, 0.15) is 11.6 Å². The Bertz CT molecular complexity index is 318. The highest BCUT2D eigenvalue weighted by atomic mass is 16.1. The van der Waals surface area contributed by atoms with Crippen LogP contribution < -0.4 is 0 Å². The van der Waals surface area contributed by atoms with Crippen LogP contribution in [0.1, 0.15) is 59.3 Å². The summed E-state index contributed by atoms with van der Waals surface area (Å²) in [5.41, 5.74) is 0.303. The van der Waals surface area contributed by atoms with Gasteiger partial charge in [0.25, 0.3) is 0 Å². The lowest BCUT2D eigenvalue weighted by atomic mass is 9.48. The third-order valence-electron chi connectivity index (χ3n) is 5.36. The van der Waals surface area contributed by atoms with Crippen LogP contribution in [0.4, 0.5) is 0 Å². The van der Waals surface area contributed by atoms with E-state index in [4.69, 9.17) is 0 Å². The molecule has 0 unspecified atom stereocenters. The molecule has 0 saturated heterocycles. The molecule has 2 aliphatic carbocycles. The van der Waals surface area contributed by atoms with E-state index in [-0.39, 0.29) is 16.7 Å². The molecule has 0 aromatic carbocycles. The predicted octanol–water partition coefficient (Wildman–Crippen LogP) is 3.14. The van der Waals surface area contributed by atoms with Crippen LogP contribution in [0.25, 0.3) is 0 Å². The first-order valence-corrected chi connectivity index (χ1v) is 6.43. The van der Waals surface area contributed by atoms with E-state index >= 15 is 0 Å². The second-order valence-electron chi connectivity index (χ2n) is 6.27. The molecule has 90 valence electrons. The number of hydrogen-bond acceptors (Lipinski definition) is 2. The summed E-state index contributed by atoms with van der Waals surface area (Å²) in [6.45, 7) is 6.65. The summed E-state index contributed by atoms with van der Waals surface area (Å²) in [5.74, 6) is 0.935. The van der Waals surface area contributed by atoms with Crippen molar-refractivity contribution in [3.63, 3.8) is 0 Å². The minimum atomic E-state index is 0.0935. The van der Waals surface area contributed by atoms with Crippen molar-refractivity contribution in [3.05, 3.63) is 0 Å². The zero-order valence-electron chi connectivity index (χ0n) is 10.6. The van der Waals surface area contributed by atoms with E-state index in [0.29, 0.717) is 24.4 Å². The van der Waals surface area contributed by atoms with Gasteiger partial charge in [0, 0.05) is 25.2 Å². The molecule has 0 bridgehead atoms. The average molecular weight is 222 g/mol. The van der Waals surface area contributed by atoms with Crippen molar-refractivity contribution in [2.24, 2.45) is 16.7 Å². The molecule has 2 aliphatic rings. The lowest BCUT2D eigenvalue weighted by molar-refractivity contribution is -0.147. The van der Waals surface area contributed by atoms with Crippen LogP contribution in [0.5, 0.6) is 0 Å². The minimum absolute atomic E-state index is 0.0935. The van der Waals surface area contributed by atoms with Crippen LogP contribution >= 0.6 is 0 Å². The van der Waals surface area contributed by atoms with Gasteiger partial charge in [0.15, 0.2) is 0 Å². The molecule has 1 spiro atoms. The lowest BCUT2D eigenvalue weighted by Crippen LogP contribution is -2.51. The molecular formula is C14H22O2. The number of Topliss-reactive ketones (excluding diaryl/α,β-unsaturated/α-hetero) is 2. The SMILES string of the molecule is C[C@H]1C(=O)CCC(C)(C)C12CCC(=O)CC2. The van der Waals surface area contributed by atoms with Crippen LogP contribution in [0, 0.1) is 16.7 Å².